The van der Waals surface area contributed by atoms with Crippen LogP contribution in [0.15, 0.2) is 48.5 Å². The monoisotopic (exact) mass is 881 g/mol. The Bertz CT molecular complexity index is 1930. The topological polar surface area (TPSA) is 73.8 Å². The Balaban J connectivity index is 2.09. The van der Waals surface area contributed by atoms with Crippen molar-refractivity contribution in [1.29, 1.82) is 0 Å². The van der Waals surface area contributed by atoms with Crippen molar-refractivity contribution in [3.63, 3.8) is 0 Å². The Morgan fingerprint density at radius 1 is 0.266 bits per heavy atom. The third kappa shape index (κ3) is 11.2. The molecule has 0 spiro atoms. The summed E-state index contributed by atoms with van der Waals surface area (Å²) in [5, 5.41) is 0. The molecule has 4 aromatic carbocycles. The molecule has 0 N–H and O–H groups in total. The highest BCUT2D eigenvalue weighted by molar-refractivity contribution is 5.63. The van der Waals surface area contributed by atoms with E-state index in [0.717, 1.165) is 168 Å². The van der Waals surface area contributed by atoms with E-state index >= 15 is 0 Å². The number of fused-ring (bicyclic) bond motifs is 8. The maximum Gasteiger partial charge on any atom is 0.126 e. The lowest BCUT2D eigenvalue weighted by Gasteiger charge is -2.32. The van der Waals surface area contributed by atoms with Gasteiger partial charge >= 0.3 is 0 Å². The van der Waals surface area contributed by atoms with Gasteiger partial charge in [-0.3, -0.25) is 0 Å². The van der Waals surface area contributed by atoms with Gasteiger partial charge in [-0.15, -0.1) is 0 Å². The van der Waals surface area contributed by atoms with Gasteiger partial charge in [-0.05, 0) is 75.6 Å². The van der Waals surface area contributed by atoms with Crippen LogP contribution in [-0.4, -0.2) is 54.9 Å². The minimum atomic E-state index is -0.0659. The lowest BCUT2D eigenvalue weighted by molar-refractivity contribution is 0.303. The molecule has 0 aliphatic heterocycles. The van der Waals surface area contributed by atoms with Crippen molar-refractivity contribution in [2.24, 2.45) is 0 Å². The molecule has 4 aromatic rings. The number of rotatable bonds is 24. The van der Waals surface area contributed by atoms with Crippen LogP contribution in [0, 0.1) is 0 Å². The molecule has 0 saturated heterocycles. The molecule has 352 valence electrons. The average Bonchev–Trinajstić information content (AvgIpc) is 3.32. The first-order chi connectivity index (χ1) is 31.2. The second kappa shape index (κ2) is 25.1. The molecule has 64 heavy (non-hydrogen) atoms. The fourth-order valence-corrected chi connectivity index (χ4v) is 9.68. The SMILES string of the molecule is CCCOc1cc(OC)c2cc1C(CCC)c1cc(c(OC)cc1OCCC)[C@H](CCC)c1cc(c(OC)cc1OCCC)C(CCC)c1cc(c(OCCC)cc1OC)[C@H]2CCC. The zero-order valence-electron chi connectivity index (χ0n) is 41.5. The van der Waals surface area contributed by atoms with Crippen LogP contribution in [0.1, 0.15) is 201 Å². The highest BCUT2D eigenvalue weighted by Crippen LogP contribution is 2.53. The molecule has 0 fully saturated rings. The van der Waals surface area contributed by atoms with Crippen molar-refractivity contribution in [2.75, 3.05) is 54.9 Å². The predicted molar refractivity (Wildman–Crippen MR) is 262 cm³/mol. The molecule has 8 bridgehead atoms. The van der Waals surface area contributed by atoms with Gasteiger partial charge in [0.15, 0.2) is 0 Å². The zero-order chi connectivity index (χ0) is 46.2. The van der Waals surface area contributed by atoms with E-state index in [1.165, 1.54) is 0 Å². The van der Waals surface area contributed by atoms with Crippen molar-refractivity contribution in [3.05, 3.63) is 93.0 Å². The van der Waals surface area contributed by atoms with Crippen molar-refractivity contribution < 1.29 is 37.9 Å². The standard InChI is InChI=1S/C56H80O8/c1-13-21-37-41-29-45(53(61-25-17-5)33-49(41)57-9)38(22-14-2)43-31-47(55(63-27-19-7)35-51(43)59-11)40(24-16-4)48-32-44(52(60-12)36-56(48)64-28-20-8)39(23-15-3)46-30-42(37)50(58-10)34-54(46)62-26-18-6/h29-40H,13-28H2,1-12H3/t37?,38-,39-,40?/m0/s1. The molecule has 8 nitrogen and oxygen atoms in total. The summed E-state index contributed by atoms with van der Waals surface area (Å²) in [5.41, 5.74) is 8.98. The maximum absolute atomic E-state index is 6.76. The smallest absolute Gasteiger partial charge is 0.126 e. The number of benzene rings is 4. The van der Waals surface area contributed by atoms with Gasteiger partial charge in [0, 0.05) is 92.4 Å². The Morgan fingerprint density at radius 3 is 0.609 bits per heavy atom. The number of ether oxygens (including phenoxy) is 8. The minimum absolute atomic E-state index is 0.0612. The van der Waals surface area contributed by atoms with Gasteiger partial charge in [0.05, 0.1) is 54.9 Å². The third-order valence-electron chi connectivity index (χ3n) is 12.6. The molecular weight excluding hydrogens is 801 g/mol. The number of methoxy groups -OCH3 is 4. The van der Waals surface area contributed by atoms with Gasteiger partial charge in [0.25, 0.3) is 0 Å². The van der Waals surface area contributed by atoms with Crippen LogP contribution in [-0.2, 0) is 0 Å². The lowest BCUT2D eigenvalue weighted by Crippen LogP contribution is -2.15. The van der Waals surface area contributed by atoms with Gasteiger partial charge in [-0.1, -0.05) is 81.1 Å². The largest absolute Gasteiger partial charge is 0.496 e. The average molecular weight is 881 g/mol. The second-order valence-corrected chi connectivity index (χ2v) is 17.3. The van der Waals surface area contributed by atoms with E-state index in [4.69, 9.17) is 37.9 Å². The molecule has 1 aliphatic rings. The van der Waals surface area contributed by atoms with E-state index in [1.54, 1.807) is 28.4 Å². The molecule has 0 radical (unpaired) electrons. The van der Waals surface area contributed by atoms with Crippen molar-refractivity contribution in [1.82, 2.24) is 0 Å². The van der Waals surface area contributed by atoms with Gasteiger partial charge < -0.3 is 37.9 Å². The molecule has 0 aromatic heterocycles. The third-order valence-corrected chi connectivity index (χ3v) is 12.6. The van der Waals surface area contributed by atoms with E-state index < -0.39 is 0 Å². The van der Waals surface area contributed by atoms with E-state index in [2.05, 4.69) is 104 Å². The van der Waals surface area contributed by atoms with Crippen LogP contribution in [0.25, 0.3) is 0 Å². The fourth-order valence-electron chi connectivity index (χ4n) is 9.68. The van der Waals surface area contributed by atoms with Crippen LogP contribution in [0.4, 0.5) is 0 Å². The highest BCUT2D eigenvalue weighted by atomic mass is 16.5. The Kier molecular flexibility index (Phi) is 19.7. The first kappa shape index (κ1) is 50.3. The predicted octanol–water partition coefficient (Wildman–Crippen LogP) is 14.9. The van der Waals surface area contributed by atoms with Gasteiger partial charge in [0.1, 0.15) is 46.0 Å². The Labute approximate surface area is 386 Å². The first-order valence-corrected chi connectivity index (χ1v) is 24.6. The van der Waals surface area contributed by atoms with Gasteiger partial charge in [0.2, 0.25) is 0 Å². The summed E-state index contributed by atoms with van der Waals surface area (Å²) in [7, 11) is 7.12. The summed E-state index contributed by atoms with van der Waals surface area (Å²) in [6.07, 6.45) is 10.9. The molecular formula is C56H80O8. The van der Waals surface area contributed by atoms with Gasteiger partial charge in [-0.25, -0.2) is 0 Å². The molecule has 0 heterocycles. The maximum atomic E-state index is 6.76. The summed E-state index contributed by atoms with van der Waals surface area (Å²) < 4.78 is 52.5. The zero-order valence-corrected chi connectivity index (χ0v) is 41.5. The summed E-state index contributed by atoms with van der Waals surface area (Å²) >= 11 is 0. The molecule has 0 unspecified atom stereocenters. The van der Waals surface area contributed by atoms with Crippen LogP contribution >= 0.6 is 0 Å². The molecule has 1 aliphatic carbocycles. The Hall–Kier alpha value is -4.72. The second-order valence-electron chi connectivity index (χ2n) is 17.3. The van der Waals surface area contributed by atoms with Crippen molar-refractivity contribution in [2.45, 2.75) is 156 Å². The van der Waals surface area contributed by atoms with Crippen LogP contribution in [0.5, 0.6) is 46.0 Å². The fraction of sp³-hybridized carbons (Fsp3) is 0.571. The van der Waals surface area contributed by atoms with Crippen LogP contribution in [0.3, 0.4) is 0 Å². The molecule has 0 amide bonds. The summed E-state index contributed by atoms with van der Waals surface area (Å²) in [6, 6.07) is 18.1. The lowest BCUT2D eigenvalue weighted by atomic mass is 9.76. The summed E-state index contributed by atoms with van der Waals surface area (Å²) in [5.74, 6) is 6.34. The molecule has 5 rings (SSSR count). The minimum Gasteiger partial charge on any atom is -0.496 e. The van der Waals surface area contributed by atoms with Crippen molar-refractivity contribution >= 4 is 0 Å². The molecule has 2 atom stereocenters. The van der Waals surface area contributed by atoms with Crippen LogP contribution < -0.4 is 37.9 Å². The van der Waals surface area contributed by atoms with E-state index in [9.17, 15) is 0 Å². The van der Waals surface area contributed by atoms with Crippen molar-refractivity contribution in [3.8, 4) is 46.0 Å². The van der Waals surface area contributed by atoms with E-state index in [-0.39, 0.29) is 23.7 Å². The van der Waals surface area contributed by atoms with E-state index in [0.29, 0.717) is 26.4 Å². The van der Waals surface area contributed by atoms with E-state index in [1.807, 2.05) is 0 Å². The Morgan fingerprint density at radius 2 is 0.453 bits per heavy atom. The number of hydrogen-bond acceptors (Lipinski definition) is 8. The quantitative estimate of drug-likeness (QED) is 0.0689. The highest BCUT2D eigenvalue weighted by Gasteiger charge is 2.34. The summed E-state index contributed by atoms with van der Waals surface area (Å²) in [4.78, 5) is 0. The molecule has 8 heteroatoms. The number of hydrogen-bond donors (Lipinski definition) is 0. The van der Waals surface area contributed by atoms with Crippen LogP contribution in [0.2, 0.25) is 0 Å². The molecule has 0 saturated carbocycles. The summed E-state index contributed by atoms with van der Waals surface area (Å²) in [6.45, 7) is 20.0. The normalized spacial score (nSPS) is 16.8. The van der Waals surface area contributed by atoms with Gasteiger partial charge in [-0.2, -0.15) is 0 Å². The first-order valence-electron chi connectivity index (χ1n) is 24.6.